The molecule has 1 aromatic heterocycles. The summed E-state index contributed by atoms with van der Waals surface area (Å²) in [6.07, 6.45) is 0.345. The average molecular weight is 332 g/mol. The molecule has 2 heterocycles. The minimum absolute atomic E-state index is 0.0826. The zero-order valence-corrected chi connectivity index (χ0v) is 12.6. The number of nitrogens with two attached hydrogens (primary N) is 2. The first-order chi connectivity index (χ1) is 11.4. The van der Waals surface area contributed by atoms with E-state index in [1.54, 1.807) is 12.1 Å². The molecule has 2 atom stereocenters. The van der Waals surface area contributed by atoms with Gasteiger partial charge in [-0.15, -0.1) is 0 Å². The van der Waals surface area contributed by atoms with Crippen LogP contribution in [0.3, 0.4) is 0 Å². The molecule has 0 bridgehead atoms. The van der Waals surface area contributed by atoms with Crippen LogP contribution >= 0.6 is 0 Å². The SMILES string of the molecule is Nc1ccc2c(c1)nc1n2C[C@H](N)C(c2cc(F)c(F)cc2F)C1. The molecule has 24 heavy (non-hydrogen) atoms. The lowest BCUT2D eigenvalue weighted by Gasteiger charge is -2.30. The first kappa shape index (κ1) is 15.0. The van der Waals surface area contributed by atoms with Crippen LogP contribution in [0.1, 0.15) is 17.3 Å². The van der Waals surface area contributed by atoms with E-state index < -0.39 is 29.4 Å². The van der Waals surface area contributed by atoms with Gasteiger partial charge in [0.25, 0.3) is 0 Å². The van der Waals surface area contributed by atoms with Crippen LogP contribution in [0.15, 0.2) is 30.3 Å². The van der Waals surface area contributed by atoms with Gasteiger partial charge in [-0.25, -0.2) is 18.2 Å². The Bertz CT molecular complexity index is 951. The van der Waals surface area contributed by atoms with Gasteiger partial charge in [0.1, 0.15) is 11.6 Å². The smallest absolute Gasteiger partial charge is 0.161 e. The van der Waals surface area contributed by atoms with Crippen molar-refractivity contribution in [1.29, 1.82) is 0 Å². The number of nitrogens with zero attached hydrogens (tertiary/aromatic N) is 2. The van der Waals surface area contributed by atoms with Crippen molar-refractivity contribution >= 4 is 16.7 Å². The maximum absolute atomic E-state index is 14.1. The van der Waals surface area contributed by atoms with Crippen molar-refractivity contribution < 1.29 is 13.2 Å². The summed E-state index contributed by atoms with van der Waals surface area (Å²) in [5.74, 6) is -2.81. The van der Waals surface area contributed by atoms with Gasteiger partial charge in [0.15, 0.2) is 11.6 Å². The molecule has 1 aliphatic rings. The number of benzene rings is 2. The van der Waals surface area contributed by atoms with Crippen molar-refractivity contribution in [3.63, 3.8) is 0 Å². The second-order valence-electron chi connectivity index (χ2n) is 6.15. The topological polar surface area (TPSA) is 69.9 Å². The van der Waals surface area contributed by atoms with Gasteiger partial charge < -0.3 is 16.0 Å². The van der Waals surface area contributed by atoms with E-state index in [1.807, 2.05) is 10.6 Å². The molecule has 7 heteroatoms. The first-order valence-corrected chi connectivity index (χ1v) is 7.58. The van der Waals surface area contributed by atoms with E-state index >= 15 is 0 Å². The average Bonchev–Trinajstić information content (AvgIpc) is 2.86. The highest BCUT2D eigenvalue weighted by Crippen LogP contribution is 2.33. The van der Waals surface area contributed by atoms with Crippen LogP contribution in [0.4, 0.5) is 18.9 Å². The van der Waals surface area contributed by atoms with Crippen LogP contribution in [-0.2, 0) is 13.0 Å². The molecule has 3 aromatic rings. The molecule has 0 aliphatic carbocycles. The van der Waals surface area contributed by atoms with Crippen molar-refractivity contribution in [3.8, 4) is 0 Å². The molecule has 4 N–H and O–H groups in total. The summed E-state index contributed by atoms with van der Waals surface area (Å²) in [4.78, 5) is 4.53. The van der Waals surface area contributed by atoms with Crippen LogP contribution < -0.4 is 11.5 Å². The molecule has 0 saturated carbocycles. The summed E-state index contributed by atoms with van der Waals surface area (Å²) < 4.78 is 42.8. The Labute approximate surface area is 135 Å². The third-order valence-electron chi connectivity index (χ3n) is 4.60. The van der Waals surface area contributed by atoms with Gasteiger partial charge in [0, 0.05) is 36.7 Å². The second kappa shape index (κ2) is 5.24. The van der Waals surface area contributed by atoms with Crippen molar-refractivity contribution in [1.82, 2.24) is 9.55 Å². The van der Waals surface area contributed by atoms with E-state index in [4.69, 9.17) is 11.5 Å². The second-order valence-corrected chi connectivity index (χ2v) is 6.15. The number of anilines is 1. The minimum atomic E-state index is -1.21. The van der Waals surface area contributed by atoms with Crippen molar-refractivity contribution in [2.75, 3.05) is 5.73 Å². The zero-order valence-electron chi connectivity index (χ0n) is 12.6. The van der Waals surface area contributed by atoms with Gasteiger partial charge in [0.05, 0.1) is 11.0 Å². The fourth-order valence-electron chi connectivity index (χ4n) is 3.41. The van der Waals surface area contributed by atoms with Gasteiger partial charge in [0.2, 0.25) is 0 Å². The Morgan fingerprint density at radius 1 is 1.04 bits per heavy atom. The van der Waals surface area contributed by atoms with E-state index in [-0.39, 0.29) is 5.56 Å². The quantitative estimate of drug-likeness (QED) is 0.532. The van der Waals surface area contributed by atoms with E-state index in [2.05, 4.69) is 4.98 Å². The number of fused-ring (bicyclic) bond motifs is 3. The van der Waals surface area contributed by atoms with Gasteiger partial charge in [-0.3, -0.25) is 0 Å². The number of rotatable bonds is 1. The fourth-order valence-corrected chi connectivity index (χ4v) is 3.41. The van der Waals surface area contributed by atoms with Gasteiger partial charge >= 0.3 is 0 Å². The lowest BCUT2D eigenvalue weighted by Crippen LogP contribution is -2.39. The predicted molar refractivity (Wildman–Crippen MR) is 84.9 cm³/mol. The van der Waals surface area contributed by atoms with Crippen molar-refractivity contribution in [3.05, 3.63) is 59.2 Å². The molecule has 0 amide bonds. The van der Waals surface area contributed by atoms with E-state index in [1.165, 1.54) is 0 Å². The van der Waals surface area contributed by atoms with Crippen LogP contribution in [0, 0.1) is 17.5 Å². The molecule has 0 fully saturated rings. The summed E-state index contributed by atoms with van der Waals surface area (Å²) >= 11 is 0. The normalized spacial score (nSPS) is 20.3. The lowest BCUT2D eigenvalue weighted by atomic mass is 9.86. The van der Waals surface area contributed by atoms with E-state index in [9.17, 15) is 13.2 Å². The van der Waals surface area contributed by atoms with Crippen LogP contribution in [0.2, 0.25) is 0 Å². The predicted octanol–water partition coefficient (Wildman–Crippen LogP) is 2.70. The number of halogens is 3. The number of imidazole rings is 1. The molecule has 4 rings (SSSR count). The number of hydrogen-bond donors (Lipinski definition) is 2. The van der Waals surface area contributed by atoms with Crippen LogP contribution in [0.5, 0.6) is 0 Å². The summed E-state index contributed by atoms with van der Waals surface area (Å²) in [6.45, 7) is 0.416. The highest BCUT2D eigenvalue weighted by atomic mass is 19.2. The zero-order chi connectivity index (χ0) is 17.0. The van der Waals surface area contributed by atoms with E-state index in [0.717, 1.165) is 22.9 Å². The molecule has 124 valence electrons. The minimum Gasteiger partial charge on any atom is -0.399 e. The Kier molecular flexibility index (Phi) is 3.28. The Morgan fingerprint density at radius 3 is 2.58 bits per heavy atom. The Morgan fingerprint density at radius 2 is 1.79 bits per heavy atom. The first-order valence-electron chi connectivity index (χ1n) is 7.58. The molecule has 0 saturated heterocycles. The summed E-state index contributed by atoms with van der Waals surface area (Å²) in [5.41, 5.74) is 14.3. The fraction of sp³-hybridized carbons (Fsp3) is 0.235. The molecule has 1 unspecified atom stereocenters. The summed E-state index contributed by atoms with van der Waals surface area (Å²) in [5, 5.41) is 0. The molecule has 1 aliphatic heterocycles. The Hall–Kier alpha value is -2.54. The maximum Gasteiger partial charge on any atom is 0.161 e. The third-order valence-corrected chi connectivity index (χ3v) is 4.60. The van der Waals surface area contributed by atoms with Gasteiger partial charge in [-0.1, -0.05) is 0 Å². The van der Waals surface area contributed by atoms with E-state index in [0.29, 0.717) is 24.7 Å². The summed E-state index contributed by atoms with van der Waals surface area (Å²) in [6, 6.07) is 6.43. The molecule has 0 spiro atoms. The largest absolute Gasteiger partial charge is 0.399 e. The van der Waals surface area contributed by atoms with Crippen molar-refractivity contribution in [2.45, 2.75) is 24.9 Å². The standard InChI is InChI=1S/C17H15F3N4/c18-11-6-13(20)12(19)4-9(11)10-5-17-23-15-3-8(21)1-2-16(15)24(17)7-14(10)22/h1-4,6,10,14H,5,7,21-22H2/t10?,14-/m0/s1. The summed E-state index contributed by atoms with van der Waals surface area (Å²) in [7, 11) is 0. The highest BCUT2D eigenvalue weighted by molar-refractivity contribution is 5.79. The number of hydrogen-bond acceptors (Lipinski definition) is 3. The number of aromatic nitrogens is 2. The molecule has 2 aromatic carbocycles. The monoisotopic (exact) mass is 332 g/mol. The Balaban J connectivity index is 1.79. The molecular formula is C17H15F3N4. The number of nitrogen functional groups attached to an aromatic ring is 1. The molecular weight excluding hydrogens is 317 g/mol. The highest BCUT2D eigenvalue weighted by Gasteiger charge is 2.32. The van der Waals surface area contributed by atoms with Gasteiger partial charge in [-0.05, 0) is 29.8 Å². The van der Waals surface area contributed by atoms with Crippen molar-refractivity contribution in [2.24, 2.45) is 5.73 Å². The third kappa shape index (κ3) is 2.24. The maximum atomic E-state index is 14.1. The van der Waals surface area contributed by atoms with Gasteiger partial charge in [-0.2, -0.15) is 0 Å². The van der Waals surface area contributed by atoms with Crippen LogP contribution in [0.25, 0.3) is 11.0 Å². The lowest BCUT2D eigenvalue weighted by molar-refractivity contribution is 0.392. The molecule has 0 radical (unpaired) electrons. The van der Waals surface area contributed by atoms with Crippen LogP contribution in [-0.4, -0.2) is 15.6 Å². The molecule has 4 nitrogen and oxygen atoms in total.